The van der Waals surface area contributed by atoms with Gasteiger partial charge in [-0.3, -0.25) is 0 Å². The Hall–Kier alpha value is -4.45. The van der Waals surface area contributed by atoms with Gasteiger partial charge in [-0.15, -0.1) is 0 Å². The van der Waals surface area contributed by atoms with Gasteiger partial charge in [0.25, 0.3) is 0 Å². The first kappa shape index (κ1) is 18.6. The maximum atomic E-state index is 12.3. The van der Waals surface area contributed by atoms with E-state index in [2.05, 4.69) is 0 Å². The van der Waals surface area contributed by atoms with Crippen LogP contribution in [0, 0.1) is 0 Å². The summed E-state index contributed by atoms with van der Waals surface area (Å²) in [7, 11) is 0. The maximum absolute atomic E-state index is 12.3. The molecule has 0 spiro atoms. The summed E-state index contributed by atoms with van der Waals surface area (Å²) >= 11 is 0. The van der Waals surface area contributed by atoms with Gasteiger partial charge in [0.2, 0.25) is 0 Å². The number of carboxylic acids is 3. The standard InChI is InChI=1S/C25H14O6/c26-23(27)15-6-5-14-9-19-20(21(24(28)29)17(14)10-15)11-16-7-12-3-1-2-4-13(12)8-18(16)22(19)25(30)31/h1-11H,(H,26,27)(H,28,29)(H,30,31). The molecule has 5 rings (SSSR count). The Kier molecular flexibility index (Phi) is 3.91. The minimum Gasteiger partial charge on any atom is -0.478 e. The zero-order valence-corrected chi connectivity index (χ0v) is 15.9. The van der Waals surface area contributed by atoms with Crippen LogP contribution in [0.25, 0.3) is 43.1 Å². The van der Waals surface area contributed by atoms with Crippen molar-refractivity contribution in [3.63, 3.8) is 0 Å². The van der Waals surface area contributed by atoms with Crippen LogP contribution in [0.2, 0.25) is 0 Å². The third kappa shape index (κ3) is 2.77. The Morgan fingerprint density at radius 3 is 1.58 bits per heavy atom. The lowest BCUT2D eigenvalue weighted by Gasteiger charge is -2.14. The highest BCUT2D eigenvalue weighted by molar-refractivity contribution is 6.25. The largest absolute Gasteiger partial charge is 0.478 e. The zero-order valence-electron chi connectivity index (χ0n) is 15.9. The lowest BCUT2D eigenvalue weighted by molar-refractivity contribution is 0.0686. The monoisotopic (exact) mass is 410 g/mol. The van der Waals surface area contributed by atoms with Crippen molar-refractivity contribution in [2.24, 2.45) is 0 Å². The van der Waals surface area contributed by atoms with Gasteiger partial charge in [-0.05, 0) is 79.5 Å². The van der Waals surface area contributed by atoms with E-state index in [4.69, 9.17) is 0 Å². The lowest BCUT2D eigenvalue weighted by atomic mass is 9.89. The highest BCUT2D eigenvalue weighted by Gasteiger charge is 2.22. The van der Waals surface area contributed by atoms with Gasteiger partial charge in [0.1, 0.15) is 0 Å². The Balaban J connectivity index is 2.05. The van der Waals surface area contributed by atoms with Crippen LogP contribution in [-0.2, 0) is 0 Å². The van der Waals surface area contributed by atoms with Crippen LogP contribution < -0.4 is 0 Å². The third-order valence-electron chi connectivity index (χ3n) is 5.61. The highest BCUT2D eigenvalue weighted by atomic mass is 16.4. The van der Waals surface area contributed by atoms with Crippen LogP contribution in [0.3, 0.4) is 0 Å². The Morgan fingerprint density at radius 1 is 0.484 bits per heavy atom. The van der Waals surface area contributed by atoms with Crippen LogP contribution >= 0.6 is 0 Å². The fourth-order valence-electron chi connectivity index (χ4n) is 4.26. The summed E-state index contributed by atoms with van der Waals surface area (Å²) in [5.41, 5.74) is -0.141. The molecule has 0 atom stereocenters. The summed E-state index contributed by atoms with van der Waals surface area (Å²) in [5.74, 6) is -3.59. The van der Waals surface area contributed by atoms with E-state index in [9.17, 15) is 29.7 Å². The molecule has 0 aliphatic heterocycles. The Morgan fingerprint density at radius 2 is 1.00 bits per heavy atom. The SMILES string of the molecule is O=C(O)c1ccc2cc3c(C(=O)O)c4cc5ccccc5cc4cc3c(C(=O)O)c2c1. The normalized spacial score (nSPS) is 11.4. The number of aromatic carboxylic acids is 3. The molecule has 0 aromatic heterocycles. The molecule has 0 heterocycles. The van der Waals surface area contributed by atoms with Crippen molar-refractivity contribution in [1.82, 2.24) is 0 Å². The topological polar surface area (TPSA) is 112 Å². The molecule has 0 fully saturated rings. The molecule has 3 N–H and O–H groups in total. The van der Waals surface area contributed by atoms with E-state index in [0.717, 1.165) is 10.8 Å². The minimum atomic E-state index is -1.25. The minimum absolute atomic E-state index is 0.0185. The molecule has 0 aliphatic rings. The van der Waals surface area contributed by atoms with Gasteiger partial charge in [-0.1, -0.05) is 30.3 Å². The first-order valence-corrected chi connectivity index (χ1v) is 9.41. The van der Waals surface area contributed by atoms with Crippen LogP contribution in [0.5, 0.6) is 0 Å². The van der Waals surface area contributed by atoms with Gasteiger partial charge in [-0.2, -0.15) is 0 Å². The van der Waals surface area contributed by atoms with Crippen molar-refractivity contribution in [2.45, 2.75) is 0 Å². The predicted octanol–water partition coefficient (Wildman–Crippen LogP) is 5.39. The zero-order chi connectivity index (χ0) is 21.9. The van der Waals surface area contributed by atoms with E-state index in [-0.39, 0.29) is 27.5 Å². The van der Waals surface area contributed by atoms with E-state index in [0.29, 0.717) is 21.5 Å². The molecule has 0 amide bonds. The molecular formula is C25H14O6. The number of hydrogen-bond acceptors (Lipinski definition) is 3. The molecular weight excluding hydrogens is 396 g/mol. The average molecular weight is 410 g/mol. The predicted molar refractivity (Wildman–Crippen MR) is 117 cm³/mol. The molecule has 0 saturated carbocycles. The van der Waals surface area contributed by atoms with Gasteiger partial charge in [0, 0.05) is 0 Å². The van der Waals surface area contributed by atoms with Crippen LogP contribution in [0.1, 0.15) is 31.1 Å². The van der Waals surface area contributed by atoms with Crippen LogP contribution in [0.4, 0.5) is 0 Å². The summed E-state index contributed by atoms with van der Waals surface area (Å²) in [5, 5.41) is 33.5. The molecule has 0 saturated heterocycles. The fourth-order valence-corrected chi connectivity index (χ4v) is 4.26. The lowest BCUT2D eigenvalue weighted by Crippen LogP contribution is -2.05. The second-order valence-corrected chi connectivity index (χ2v) is 7.37. The van der Waals surface area contributed by atoms with E-state index >= 15 is 0 Å². The average Bonchev–Trinajstić information content (AvgIpc) is 2.73. The van der Waals surface area contributed by atoms with Crippen molar-refractivity contribution < 1.29 is 29.7 Å². The molecule has 5 aromatic carbocycles. The van der Waals surface area contributed by atoms with E-state index in [1.54, 1.807) is 18.2 Å². The van der Waals surface area contributed by atoms with E-state index < -0.39 is 17.9 Å². The molecule has 0 radical (unpaired) electrons. The fraction of sp³-hybridized carbons (Fsp3) is 0. The van der Waals surface area contributed by atoms with Gasteiger partial charge in [0.05, 0.1) is 16.7 Å². The van der Waals surface area contributed by atoms with Crippen molar-refractivity contribution in [1.29, 1.82) is 0 Å². The molecule has 0 aliphatic carbocycles. The smallest absolute Gasteiger partial charge is 0.336 e. The Labute approximate surface area is 174 Å². The van der Waals surface area contributed by atoms with Crippen molar-refractivity contribution in [3.05, 3.63) is 83.4 Å². The van der Waals surface area contributed by atoms with Gasteiger partial charge >= 0.3 is 17.9 Å². The molecule has 150 valence electrons. The summed E-state index contributed by atoms with van der Waals surface area (Å²) in [6.45, 7) is 0. The highest BCUT2D eigenvalue weighted by Crippen LogP contribution is 2.37. The van der Waals surface area contributed by atoms with Crippen molar-refractivity contribution >= 4 is 61.0 Å². The number of hydrogen-bond donors (Lipinski definition) is 3. The van der Waals surface area contributed by atoms with Gasteiger partial charge in [0.15, 0.2) is 0 Å². The summed E-state index contributed by atoms with van der Waals surface area (Å²) in [4.78, 5) is 36.0. The molecule has 5 aromatic rings. The van der Waals surface area contributed by atoms with Gasteiger partial charge < -0.3 is 15.3 Å². The van der Waals surface area contributed by atoms with Crippen molar-refractivity contribution in [2.75, 3.05) is 0 Å². The second kappa shape index (κ2) is 6.53. The first-order chi connectivity index (χ1) is 14.8. The molecule has 0 bridgehead atoms. The Bertz CT molecular complexity index is 1610. The molecule has 0 unspecified atom stereocenters. The molecule has 31 heavy (non-hydrogen) atoms. The van der Waals surface area contributed by atoms with Crippen molar-refractivity contribution in [3.8, 4) is 0 Å². The van der Waals surface area contributed by atoms with Crippen LogP contribution in [-0.4, -0.2) is 33.2 Å². The summed E-state index contributed by atoms with van der Waals surface area (Å²) in [6.07, 6.45) is 0. The summed E-state index contributed by atoms with van der Waals surface area (Å²) in [6, 6.07) is 18.6. The van der Waals surface area contributed by atoms with E-state index in [1.807, 2.05) is 30.3 Å². The molecule has 6 heteroatoms. The van der Waals surface area contributed by atoms with Gasteiger partial charge in [-0.25, -0.2) is 14.4 Å². The van der Waals surface area contributed by atoms with E-state index in [1.165, 1.54) is 18.2 Å². The first-order valence-electron chi connectivity index (χ1n) is 9.41. The molecule has 6 nitrogen and oxygen atoms in total. The van der Waals surface area contributed by atoms with Crippen LogP contribution in [0.15, 0.2) is 66.7 Å². The number of carbonyl (C=O) groups is 3. The number of carboxylic acid groups (broad SMARTS) is 3. The summed E-state index contributed by atoms with van der Waals surface area (Å²) < 4.78 is 0. The second-order valence-electron chi connectivity index (χ2n) is 7.37. The number of fused-ring (bicyclic) bond motifs is 4. The number of rotatable bonds is 3. The maximum Gasteiger partial charge on any atom is 0.336 e. The number of benzene rings is 5. The third-order valence-corrected chi connectivity index (χ3v) is 5.61. The quantitative estimate of drug-likeness (QED) is 0.344.